The number of hydrogen-bond acceptors (Lipinski definition) is 3. The summed E-state index contributed by atoms with van der Waals surface area (Å²) in [7, 11) is -3.36. The smallest absolute Gasteiger partial charge is 0.232 e. The van der Waals surface area contributed by atoms with Gasteiger partial charge in [0.25, 0.3) is 0 Å². The lowest BCUT2D eigenvalue weighted by molar-refractivity contribution is -0.121. The second kappa shape index (κ2) is 8.17. The van der Waals surface area contributed by atoms with Crippen molar-refractivity contribution in [1.29, 1.82) is 0 Å². The highest BCUT2D eigenvalue weighted by Crippen LogP contribution is 2.19. The summed E-state index contributed by atoms with van der Waals surface area (Å²) < 4.78 is 25.3. The third-order valence-electron chi connectivity index (χ3n) is 3.25. The summed E-state index contributed by atoms with van der Waals surface area (Å²) in [6.07, 6.45) is 2.90. The largest absolute Gasteiger partial charge is 0.354 e. The van der Waals surface area contributed by atoms with E-state index in [1.165, 1.54) is 10.6 Å². The molecule has 0 unspecified atom stereocenters. The maximum Gasteiger partial charge on any atom is 0.232 e. The molecular formula is C16H26N2O3S. The third kappa shape index (κ3) is 6.05. The minimum Gasteiger partial charge on any atom is -0.354 e. The molecule has 22 heavy (non-hydrogen) atoms. The fourth-order valence-corrected chi connectivity index (χ4v) is 3.13. The van der Waals surface area contributed by atoms with Gasteiger partial charge in [-0.25, -0.2) is 8.42 Å². The molecule has 0 saturated heterocycles. The summed E-state index contributed by atoms with van der Waals surface area (Å²) in [6.45, 7) is 6.15. The van der Waals surface area contributed by atoms with Crippen LogP contribution in [0, 0.1) is 0 Å². The van der Waals surface area contributed by atoms with E-state index in [1.54, 1.807) is 0 Å². The quantitative estimate of drug-likeness (QED) is 0.797. The standard InChI is InChI=1S/C16H26N2O3S/c1-5-14-8-10-15(11-9-14)18(22(4,20)21)12-6-7-16(19)17-13(2)3/h8-11,13H,5-7,12H2,1-4H3,(H,17,19). The van der Waals surface area contributed by atoms with E-state index in [9.17, 15) is 13.2 Å². The van der Waals surface area contributed by atoms with Crippen LogP contribution in [0.2, 0.25) is 0 Å². The minimum atomic E-state index is -3.36. The Labute approximate surface area is 133 Å². The molecule has 1 rings (SSSR count). The van der Waals surface area contributed by atoms with Gasteiger partial charge in [0.2, 0.25) is 15.9 Å². The number of aryl methyl sites for hydroxylation is 1. The first-order valence-corrected chi connectivity index (χ1v) is 9.45. The van der Waals surface area contributed by atoms with Crippen LogP contribution in [0.15, 0.2) is 24.3 Å². The molecule has 0 aromatic heterocycles. The molecule has 0 heterocycles. The summed E-state index contributed by atoms with van der Waals surface area (Å²) >= 11 is 0. The number of amides is 1. The first kappa shape index (κ1) is 18.5. The second-order valence-electron chi connectivity index (χ2n) is 5.68. The van der Waals surface area contributed by atoms with Gasteiger partial charge in [0.15, 0.2) is 0 Å². The van der Waals surface area contributed by atoms with Crippen molar-refractivity contribution in [3.8, 4) is 0 Å². The summed E-state index contributed by atoms with van der Waals surface area (Å²) in [6, 6.07) is 7.58. The number of rotatable bonds is 8. The number of carbonyl (C=O) groups is 1. The van der Waals surface area contributed by atoms with Crippen LogP contribution in [0.5, 0.6) is 0 Å². The molecule has 0 saturated carbocycles. The zero-order valence-electron chi connectivity index (χ0n) is 13.8. The number of carbonyl (C=O) groups excluding carboxylic acids is 1. The summed E-state index contributed by atoms with van der Waals surface area (Å²) in [5.41, 5.74) is 1.80. The molecule has 1 aromatic carbocycles. The number of benzene rings is 1. The maximum absolute atomic E-state index is 12.0. The van der Waals surface area contributed by atoms with Gasteiger partial charge in [0.05, 0.1) is 11.9 Å². The van der Waals surface area contributed by atoms with Crippen LogP contribution in [0.3, 0.4) is 0 Å². The van der Waals surface area contributed by atoms with E-state index in [1.807, 2.05) is 38.1 Å². The third-order valence-corrected chi connectivity index (χ3v) is 4.44. The van der Waals surface area contributed by atoms with Crippen LogP contribution in [0.25, 0.3) is 0 Å². The van der Waals surface area contributed by atoms with Crippen molar-refractivity contribution in [1.82, 2.24) is 5.32 Å². The Balaban J connectivity index is 2.72. The van der Waals surface area contributed by atoms with Crippen molar-refractivity contribution in [3.63, 3.8) is 0 Å². The Morgan fingerprint density at radius 2 is 1.82 bits per heavy atom. The Morgan fingerprint density at radius 1 is 1.23 bits per heavy atom. The summed E-state index contributed by atoms with van der Waals surface area (Å²) in [5, 5.41) is 2.80. The fourth-order valence-electron chi connectivity index (χ4n) is 2.16. The van der Waals surface area contributed by atoms with E-state index in [4.69, 9.17) is 0 Å². The van der Waals surface area contributed by atoms with Gasteiger partial charge in [-0.2, -0.15) is 0 Å². The molecule has 0 bridgehead atoms. The summed E-state index contributed by atoms with van der Waals surface area (Å²) in [4.78, 5) is 11.6. The fraction of sp³-hybridized carbons (Fsp3) is 0.562. The zero-order valence-corrected chi connectivity index (χ0v) is 14.6. The molecule has 124 valence electrons. The van der Waals surface area contributed by atoms with Crippen molar-refractivity contribution >= 4 is 21.6 Å². The predicted molar refractivity (Wildman–Crippen MR) is 90.5 cm³/mol. The number of nitrogens with one attached hydrogen (secondary N) is 1. The van der Waals surface area contributed by atoms with Gasteiger partial charge in [0, 0.05) is 19.0 Å². The van der Waals surface area contributed by atoms with E-state index in [0.29, 0.717) is 25.1 Å². The number of nitrogens with zero attached hydrogens (tertiary/aromatic N) is 1. The van der Waals surface area contributed by atoms with Crippen molar-refractivity contribution < 1.29 is 13.2 Å². The van der Waals surface area contributed by atoms with Crippen LogP contribution < -0.4 is 9.62 Å². The highest BCUT2D eigenvalue weighted by Gasteiger charge is 2.17. The summed E-state index contributed by atoms with van der Waals surface area (Å²) in [5.74, 6) is -0.0511. The van der Waals surface area contributed by atoms with E-state index >= 15 is 0 Å². The van der Waals surface area contributed by atoms with E-state index in [-0.39, 0.29) is 11.9 Å². The lowest BCUT2D eigenvalue weighted by Gasteiger charge is -2.22. The van der Waals surface area contributed by atoms with Crippen LogP contribution in [-0.4, -0.2) is 33.2 Å². The van der Waals surface area contributed by atoms with Gasteiger partial charge >= 0.3 is 0 Å². The first-order chi connectivity index (χ1) is 10.2. The molecule has 0 aliphatic heterocycles. The topological polar surface area (TPSA) is 66.5 Å². The molecule has 0 atom stereocenters. The molecule has 0 aliphatic rings. The van der Waals surface area contributed by atoms with Crippen molar-refractivity contribution in [2.24, 2.45) is 0 Å². The van der Waals surface area contributed by atoms with Crippen molar-refractivity contribution in [2.45, 2.75) is 46.1 Å². The zero-order chi connectivity index (χ0) is 16.8. The SMILES string of the molecule is CCc1ccc(N(CCCC(=O)NC(C)C)S(C)(=O)=O)cc1. The van der Waals surface area contributed by atoms with Crippen LogP contribution in [0.4, 0.5) is 5.69 Å². The second-order valence-corrected chi connectivity index (χ2v) is 7.59. The Morgan fingerprint density at radius 3 is 2.27 bits per heavy atom. The van der Waals surface area contributed by atoms with E-state index in [2.05, 4.69) is 12.2 Å². The van der Waals surface area contributed by atoms with E-state index < -0.39 is 10.0 Å². The minimum absolute atomic E-state index is 0.0511. The molecule has 1 amide bonds. The molecule has 6 heteroatoms. The number of hydrogen-bond donors (Lipinski definition) is 1. The average Bonchev–Trinajstić information content (AvgIpc) is 2.42. The van der Waals surface area contributed by atoms with Gasteiger partial charge in [-0.1, -0.05) is 19.1 Å². The van der Waals surface area contributed by atoms with Gasteiger partial charge < -0.3 is 5.32 Å². The highest BCUT2D eigenvalue weighted by molar-refractivity contribution is 7.92. The van der Waals surface area contributed by atoms with Crippen molar-refractivity contribution in [3.05, 3.63) is 29.8 Å². The molecule has 1 aromatic rings. The van der Waals surface area contributed by atoms with Gasteiger partial charge in [-0.3, -0.25) is 9.10 Å². The maximum atomic E-state index is 12.0. The van der Waals surface area contributed by atoms with E-state index in [0.717, 1.165) is 12.0 Å². The molecule has 5 nitrogen and oxygen atoms in total. The lowest BCUT2D eigenvalue weighted by atomic mass is 10.1. The monoisotopic (exact) mass is 326 g/mol. The molecule has 0 fully saturated rings. The van der Waals surface area contributed by atoms with Crippen LogP contribution in [-0.2, 0) is 21.2 Å². The highest BCUT2D eigenvalue weighted by atomic mass is 32.2. The van der Waals surface area contributed by atoms with Crippen LogP contribution >= 0.6 is 0 Å². The Kier molecular flexibility index (Phi) is 6.87. The molecule has 0 spiro atoms. The average molecular weight is 326 g/mol. The molecule has 0 aliphatic carbocycles. The van der Waals surface area contributed by atoms with Gasteiger partial charge in [-0.05, 0) is 44.4 Å². The first-order valence-electron chi connectivity index (χ1n) is 7.60. The molecular weight excluding hydrogens is 300 g/mol. The Hall–Kier alpha value is -1.56. The van der Waals surface area contributed by atoms with Crippen molar-refractivity contribution in [2.75, 3.05) is 17.1 Å². The number of anilines is 1. The normalized spacial score (nSPS) is 11.5. The van der Waals surface area contributed by atoms with Crippen LogP contribution in [0.1, 0.15) is 39.2 Å². The molecule has 0 radical (unpaired) electrons. The van der Waals surface area contributed by atoms with Gasteiger partial charge in [0.1, 0.15) is 0 Å². The predicted octanol–water partition coefficient (Wildman–Crippen LogP) is 2.32. The Bertz CT molecular complexity index is 580. The van der Waals surface area contributed by atoms with Gasteiger partial charge in [-0.15, -0.1) is 0 Å². The number of sulfonamides is 1. The lowest BCUT2D eigenvalue weighted by Crippen LogP contribution is -2.33. The molecule has 1 N–H and O–H groups in total.